The van der Waals surface area contributed by atoms with Crippen molar-refractivity contribution in [2.24, 2.45) is 5.41 Å². The molecule has 1 heterocycles. The second kappa shape index (κ2) is 4.92. The van der Waals surface area contributed by atoms with Gasteiger partial charge in [-0.05, 0) is 31.5 Å². The minimum Gasteiger partial charge on any atom is -0.481 e. The molecule has 1 N–H and O–H groups in total. The lowest BCUT2D eigenvalue weighted by Crippen LogP contribution is -2.35. The van der Waals surface area contributed by atoms with Crippen LogP contribution in [0, 0.1) is 11.2 Å². The van der Waals surface area contributed by atoms with Crippen LogP contribution in [0.5, 0.6) is 0 Å². The summed E-state index contributed by atoms with van der Waals surface area (Å²) in [7, 11) is 0. The first-order valence-corrected chi connectivity index (χ1v) is 6.60. The number of amides is 1. The predicted molar refractivity (Wildman–Crippen MR) is 70.4 cm³/mol. The first kappa shape index (κ1) is 14.0. The highest BCUT2D eigenvalue weighted by Crippen LogP contribution is 2.31. The normalized spacial score (nSPS) is 22.6. The maximum absolute atomic E-state index is 13.6. The van der Waals surface area contributed by atoms with E-state index in [1.54, 1.807) is 6.92 Å². The van der Waals surface area contributed by atoms with Crippen molar-refractivity contribution in [1.29, 1.82) is 0 Å². The molecule has 2 rings (SSSR count). The van der Waals surface area contributed by atoms with Gasteiger partial charge in [-0.2, -0.15) is 0 Å². The Morgan fingerprint density at radius 1 is 1.47 bits per heavy atom. The summed E-state index contributed by atoms with van der Waals surface area (Å²) < 4.78 is 14.2. The van der Waals surface area contributed by atoms with Crippen molar-refractivity contribution in [3.8, 4) is 0 Å². The second-order valence-corrected chi connectivity index (χ2v) is 5.88. The summed E-state index contributed by atoms with van der Waals surface area (Å²) in [6, 6.07) is 4.13. The van der Waals surface area contributed by atoms with E-state index in [4.69, 9.17) is 5.11 Å². The summed E-state index contributed by atoms with van der Waals surface area (Å²) in [6.07, 6.45) is 0.379. The Balaban J connectivity index is 2.22. The molecular formula is C13H13BrFNO3. The number of halogens is 2. The van der Waals surface area contributed by atoms with E-state index >= 15 is 0 Å². The topological polar surface area (TPSA) is 57.6 Å². The van der Waals surface area contributed by atoms with Crippen molar-refractivity contribution in [3.63, 3.8) is 0 Å². The molecule has 0 aliphatic carbocycles. The largest absolute Gasteiger partial charge is 0.481 e. The molecule has 1 aliphatic heterocycles. The molecule has 0 unspecified atom stereocenters. The number of likely N-dealkylation sites (tertiary alicyclic amines) is 1. The summed E-state index contributed by atoms with van der Waals surface area (Å²) >= 11 is 3.19. The maximum atomic E-state index is 13.6. The number of hydrogen-bond donors (Lipinski definition) is 1. The van der Waals surface area contributed by atoms with Crippen LogP contribution in [0.3, 0.4) is 0 Å². The van der Waals surface area contributed by atoms with Gasteiger partial charge in [0.2, 0.25) is 0 Å². The first-order chi connectivity index (χ1) is 8.83. The van der Waals surface area contributed by atoms with E-state index in [2.05, 4.69) is 15.9 Å². The Bertz CT molecular complexity index is 549. The van der Waals surface area contributed by atoms with Crippen molar-refractivity contribution in [1.82, 2.24) is 4.90 Å². The van der Waals surface area contributed by atoms with Gasteiger partial charge in [-0.25, -0.2) is 4.39 Å². The quantitative estimate of drug-likeness (QED) is 0.907. The Morgan fingerprint density at radius 2 is 2.16 bits per heavy atom. The number of benzene rings is 1. The van der Waals surface area contributed by atoms with E-state index in [1.807, 2.05) is 0 Å². The predicted octanol–water partition coefficient (Wildman–Crippen LogP) is 2.53. The number of aliphatic carboxylic acids is 1. The summed E-state index contributed by atoms with van der Waals surface area (Å²) in [4.78, 5) is 24.7. The van der Waals surface area contributed by atoms with Gasteiger partial charge in [-0.15, -0.1) is 0 Å². The minimum absolute atomic E-state index is 0.0380. The van der Waals surface area contributed by atoms with Crippen LogP contribution in [0.2, 0.25) is 0 Å². The molecule has 1 fully saturated rings. The Labute approximate surface area is 118 Å². The van der Waals surface area contributed by atoms with Gasteiger partial charge in [0, 0.05) is 17.6 Å². The molecule has 19 heavy (non-hydrogen) atoms. The molecular weight excluding hydrogens is 317 g/mol. The average molecular weight is 330 g/mol. The maximum Gasteiger partial charge on any atom is 0.311 e. The molecule has 4 nitrogen and oxygen atoms in total. The van der Waals surface area contributed by atoms with Crippen LogP contribution in [0.4, 0.5) is 4.39 Å². The zero-order valence-electron chi connectivity index (χ0n) is 10.3. The molecule has 0 spiro atoms. The fraction of sp³-hybridized carbons (Fsp3) is 0.385. The first-order valence-electron chi connectivity index (χ1n) is 5.81. The zero-order valence-corrected chi connectivity index (χ0v) is 11.9. The van der Waals surface area contributed by atoms with E-state index in [-0.39, 0.29) is 12.1 Å². The molecule has 1 aromatic rings. The third-order valence-corrected chi connectivity index (χ3v) is 3.93. The highest BCUT2D eigenvalue weighted by Gasteiger charge is 2.42. The van der Waals surface area contributed by atoms with Gasteiger partial charge in [-0.1, -0.05) is 15.9 Å². The highest BCUT2D eigenvalue weighted by molar-refractivity contribution is 9.10. The number of carbonyl (C=O) groups excluding carboxylic acids is 1. The standard InChI is InChI=1S/C13H13BrFNO3/c1-13(12(18)19)4-5-16(7-13)11(17)9-6-8(14)2-3-10(9)15/h2-3,6H,4-5,7H2,1H3,(H,18,19)/t13-/m1/s1. The van der Waals surface area contributed by atoms with Crippen LogP contribution in [0.1, 0.15) is 23.7 Å². The van der Waals surface area contributed by atoms with Crippen molar-refractivity contribution in [2.45, 2.75) is 13.3 Å². The second-order valence-electron chi connectivity index (χ2n) is 4.97. The monoisotopic (exact) mass is 329 g/mol. The van der Waals surface area contributed by atoms with Crippen LogP contribution in [-0.4, -0.2) is 35.0 Å². The zero-order chi connectivity index (χ0) is 14.2. The van der Waals surface area contributed by atoms with Gasteiger partial charge in [0.25, 0.3) is 5.91 Å². The Kier molecular flexibility index (Phi) is 3.62. The van der Waals surface area contributed by atoms with Gasteiger partial charge in [0.05, 0.1) is 11.0 Å². The lowest BCUT2D eigenvalue weighted by Gasteiger charge is -2.20. The molecule has 0 radical (unpaired) electrons. The minimum atomic E-state index is -0.946. The summed E-state index contributed by atoms with van der Waals surface area (Å²) in [5.74, 6) is -2.00. The fourth-order valence-electron chi connectivity index (χ4n) is 2.14. The number of carbonyl (C=O) groups is 2. The molecule has 1 aliphatic rings. The fourth-order valence-corrected chi connectivity index (χ4v) is 2.50. The van der Waals surface area contributed by atoms with Crippen LogP contribution >= 0.6 is 15.9 Å². The van der Waals surface area contributed by atoms with Crippen molar-refractivity contribution >= 4 is 27.8 Å². The summed E-state index contributed by atoms with van der Waals surface area (Å²) in [5.41, 5.74) is -0.984. The third kappa shape index (κ3) is 2.63. The van der Waals surface area contributed by atoms with Gasteiger partial charge in [0.1, 0.15) is 5.82 Å². The summed E-state index contributed by atoms with van der Waals surface area (Å²) in [5, 5.41) is 9.12. The number of hydrogen-bond acceptors (Lipinski definition) is 2. The molecule has 102 valence electrons. The molecule has 1 atom stereocenters. The van der Waals surface area contributed by atoms with E-state index in [0.29, 0.717) is 17.4 Å². The molecule has 1 aromatic carbocycles. The number of carboxylic acids is 1. The van der Waals surface area contributed by atoms with Crippen LogP contribution in [0.15, 0.2) is 22.7 Å². The molecule has 1 saturated heterocycles. The van der Waals surface area contributed by atoms with Gasteiger partial charge in [-0.3, -0.25) is 9.59 Å². The SMILES string of the molecule is C[C@@]1(C(=O)O)CCN(C(=O)c2cc(Br)ccc2F)C1. The van der Waals surface area contributed by atoms with E-state index < -0.39 is 23.1 Å². The molecule has 1 amide bonds. The van der Waals surface area contributed by atoms with Gasteiger partial charge >= 0.3 is 5.97 Å². The average Bonchev–Trinajstić information content (AvgIpc) is 2.76. The lowest BCUT2D eigenvalue weighted by atomic mass is 9.90. The molecule has 6 heteroatoms. The van der Waals surface area contributed by atoms with E-state index in [1.165, 1.54) is 23.1 Å². The highest BCUT2D eigenvalue weighted by atomic mass is 79.9. The molecule has 0 saturated carbocycles. The van der Waals surface area contributed by atoms with E-state index in [9.17, 15) is 14.0 Å². The Morgan fingerprint density at radius 3 is 2.74 bits per heavy atom. The van der Waals surface area contributed by atoms with Gasteiger partial charge in [0.15, 0.2) is 0 Å². The number of rotatable bonds is 2. The lowest BCUT2D eigenvalue weighted by molar-refractivity contribution is -0.147. The Hall–Kier alpha value is -1.43. The summed E-state index contributed by atoms with van der Waals surface area (Å²) in [6.45, 7) is 2.03. The van der Waals surface area contributed by atoms with Crippen LogP contribution < -0.4 is 0 Å². The van der Waals surface area contributed by atoms with Crippen LogP contribution in [-0.2, 0) is 4.79 Å². The van der Waals surface area contributed by atoms with E-state index in [0.717, 1.165) is 0 Å². The third-order valence-electron chi connectivity index (χ3n) is 3.44. The van der Waals surface area contributed by atoms with Crippen molar-refractivity contribution in [3.05, 3.63) is 34.1 Å². The van der Waals surface area contributed by atoms with Crippen molar-refractivity contribution in [2.75, 3.05) is 13.1 Å². The smallest absolute Gasteiger partial charge is 0.311 e. The van der Waals surface area contributed by atoms with Crippen molar-refractivity contribution < 1.29 is 19.1 Å². The molecule has 0 aromatic heterocycles. The van der Waals surface area contributed by atoms with Crippen LogP contribution in [0.25, 0.3) is 0 Å². The molecule has 0 bridgehead atoms. The number of nitrogens with zero attached hydrogens (tertiary/aromatic N) is 1. The van der Waals surface area contributed by atoms with Gasteiger partial charge < -0.3 is 10.0 Å². The number of carboxylic acid groups (broad SMARTS) is 1.